The Morgan fingerprint density at radius 3 is 2.56 bits per heavy atom. The number of rotatable bonds is 6. The van der Waals surface area contributed by atoms with E-state index in [0.717, 1.165) is 12.3 Å². The van der Waals surface area contributed by atoms with Gasteiger partial charge in [-0.2, -0.15) is 0 Å². The number of aliphatic imine (C=N–C) groups is 1. The van der Waals surface area contributed by atoms with Crippen LogP contribution in [0.2, 0.25) is 0 Å². The molecule has 94 valence electrons. The molecule has 3 heteroatoms. The van der Waals surface area contributed by atoms with Crippen LogP contribution in [0.15, 0.2) is 4.99 Å². The molecule has 0 atom stereocenters. The van der Waals surface area contributed by atoms with Crippen LogP contribution in [-0.4, -0.2) is 11.9 Å². The van der Waals surface area contributed by atoms with E-state index in [9.17, 15) is 0 Å². The summed E-state index contributed by atoms with van der Waals surface area (Å²) in [6, 6.07) is 0.533. The maximum absolute atomic E-state index is 5.52. The van der Waals surface area contributed by atoms with Gasteiger partial charge in [0, 0.05) is 6.42 Å². The van der Waals surface area contributed by atoms with E-state index in [1.54, 1.807) is 0 Å². The van der Waals surface area contributed by atoms with E-state index in [4.69, 9.17) is 10.8 Å². The SMILES string of the molecule is CCCCCCC(=NC1CCCCC1)NN. The van der Waals surface area contributed by atoms with Crippen molar-refractivity contribution in [1.29, 1.82) is 0 Å². The highest BCUT2D eigenvalue weighted by molar-refractivity contribution is 5.81. The van der Waals surface area contributed by atoms with E-state index in [1.165, 1.54) is 57.8 Å². The summed E-state index contributed by atoms with van der Waals surface area (Å²) in [6.45, 7) is 2.23. The Kier molecular flexibility index (Phi) is 7.23. The van der Waals surface area contributed by atoms with Gasteiger partial charge in [0.15, 0.2) is 0 Å². The van der Waals surface area contributed by atoms with Crippen molar-refractivity contribution in [3.8, 4) is 0 Å². The number of nitrogens with zero attached hydrogens (tertiary/aromatic N) is 1. The maximum atomic E-state index is 5.52. The number of hydrazine groups is 1. The second kappa shape index (κ2) is 8.57. The number of unbranched alkanes of at least 4 members (excludes halogenated alkanes) is 3. The molecule has 1 aliphatic rings. The fourth-order valence-corrected chi connectivity index (χ4v) is 2.32. The van der Waals surface area contributed by atoms with Crippen molar-refractivity contribution in [2.75, 3.05) is 0 Å². The second-order valence-electron chi connectivity index (χ2n) is 4.82. The van der Waals surface area contributed by atoms with E-state index in [-0.39, 0.29) is 0 Å². The highest BCUT2D eigenvalue weighted by Gasteiger charge is 2.12. The molecule has 3 N–H and O–H groups in total. The van der Waals surface area contributed by atoms with E-state index in [2.05, 4.69) is 12.3 Å². The lowest BCUT2D eigenvalue weighted by atomic mass is 9.96. The van der Waals surface area contributed by atoms with E-state index in [1.807, 2.05) is 0 Å². The van der Waals surface area contributed by atoms with Crippen molar-refractivity contribution in [1.82, 2.24) is 5.43 Å². The first-order valence-electron chi connectivity index (χ1n) is 6.90. The summed E-state index contributed by atoms with van der Waals surface area (Å²) in [5, 5.41) is 0. The smallest absolute Gasteiger partial charge is 0.111 e. The molecule has 0 unspecified atom stereocenters. The lowest BCUT2D eigenvalue weighted by molar-refractivity contribution is 0.441. The number of hydrogen-bond donors (Lipinski definition) is 2. The van der Waals surface area contributed by atoms with Crippen LogP contribution in [0.5, 0.6) is 0 Å². The van der Waals surface area contributed by atoms with Gasteiger partial charge in [-0.1, -0.05) is 45.4 Å². The van der Waals surface area contributed by atoms with Gasteiger partial charge in [0.25, 0.3) is 0 Å². The molecule has 0 heterocycles. The topological polar surface area (TPSA) is 50.4 Å². The summed E-state index contributed by atoms with van der Waals surface area (Å²) in [6.07, 6.45) is 12.7. The van der Waals surface area contributed by atoms with Crippen LogP contribution >= 0.6 is 0 Å². The zero-order chi connectivity index (χ0) is 11.6. The largest absolute Gasteiger partial charge is 0.312 e. The normalized spacial score (nSPS) is 18.8. The molecule has 0 bridgehead atoms. The average Bonchev–Trinajstić information content (AvgIpc) is 2.34. The molecule has 1 fully saturated rings. The summed E-state index contributed by atoms with van der Waals surface area (Å²) in [4.78, 5) is 4.73. The van der Waals surface area contributed by atoms with Gasteiger partial charge in [0.05, 0.1) is 6.04 Å². The van der Waals surface area contributed by atoms with Gasteiger partial charge in [0.2, 0.25) is 0 Å². The Morgan fingerprint density at radius 2 is 1.94 bits per heavy atom. The molecular formula is C13H27N3. The maximum Gasteiger partial charge on any atom is 0.111 e. The van der Waals surface area contributed by atoms with Crippen molar-refractivity contribution in [2.45, 2.75) is 77.2 Å². The third-order valence-electron chi connectivity index (χ3n) is 3.35. The van der Waals surface area contributed by atoms with Crippen LogP contribution in [0.25, 0.3) is 0 Å². The third-order valence-corrected chi connectivity index (χ3v) is 3.35. The predicted octanol–water partition coefficient (Wildman–Crippen LogP) is 3.15. The Labute approximate surface area is 99.9 Å². The number of amidine groups is 1. The van der Waals surface area contributed by atoms with Gasteiger partial charge in [-0.25, -0.2) is 5.84 Å². The quantitative estimate of drug-likeness (QED) is 0.240. The third kappa shape index (κ3) is 5.50. The Bertz CT molecular complexity index is 195. The Morgan fingerprint density at radius 1 is 1.19 bits per heavy atom. The lowest BCUT2D eigenvalue weighted by Crippen LogP contribution is -2.32. The van der Waals surface area contributed by atoms with Gasteiger partial charge >= 0.3 is 0 Å². The van der Waals surface area contributed by atoms with E-state index >= 15 is 0 Å². The summed E-state index contributed by atoms with van der Waals surface area (Å²) < 4.78 is 0. The van der Waals surface area contributed by atoms with Crippen LogP contribution in [0.4, 0.5) is 0 Å². The molecule has 1 saturated carbocycles. The van der Waals surface area contributed by atoms with Gasteiger partial charge in [-0.05, 0) is 19.3 Å². The molecule has 1 aliphatic carbocycles. The highest BCUT2D eigenvalue weighted by Crippen LogP contribution is 2.20. The van der Waals surface area contributed by atoms with Gasteiger partial charge in [-0.15, -0.1) is 0 Å². The van der Waals surface area contributed by atoms with Gasteiger partial charge in [-0.3, -0.25) is 4.99 Å². The Balaban J connectivity index is 2.24. The Hall–Kier alpha value is -0.570. The van der Waals surface area contributed by atoms with E-state index < -0.39 is 0 Å². The monoisotopic (exact) mass is 225 g/mol. The van der Waals surface area contributed by atoms with Crippen molar-refractivity contribution < 1.29 is 0 Å². The second-order valence-corrected chi connectivity index (χ2v) is 4.82. The molecule has 16 heavy (non-hydrogen) atoms. The van der Waals surface area contributed by atoms with Crippen LogP contribution in [-0.2, 0) is 0 Å². The molecular weight excluding hydrogens is 198 g/mol. The molecule has 1 rings (SSSR count). The van der Waals surface area contributed by atoms with Crippen LogP contribution in [0.3, 0.4) is 0 Å². The first kappa shape index (κ1) is 13.5. The summed E-state index contributed by atoms with van der Waals surface area (Å²) >= 11 is 0. The molecule has 0 aromatic heterocycles. The number of nitrogens with one attached hydrogen (secondary N) is 1. The molecule has 0 amide bonds. The highest BCUT2D eigenvalue weighted by atomic mass is 15.3. The average molecular weight is 225 g/mol. The number of nitrogens with two attached hydrogens (primary N) is 1. The van der Waals surface area contributed by atoms with Gasteiger partial charge in [0.1, 0.15) is 5.84 Å². The molecule has 0 spiro atoms. The first-order chi connectivity index (χ1) is 7.86. The zero-order valence-electron chi connectivity index (χ0n) is 10.7. The van der Waals surface area contributed by atoms with Crippen molar-refractivity contribution in [3.63, 3.8) is 0 Å². The standard InChI is InChI=1S/C13H27N3/c1-2-3-4-8-11-13(16-14)15-12-9-6-5-7-10-12/h12H,2-11,14H2,1H3,(H,15,16). The molecule has 0 aliphatic heterocycles. The molecule has 0 aromatic carbocycles. The van der Waals surface area contributed by atoms with Gasteiger partial charge < -0.3 is 5.43 Å². The van der Waals surface area contributed by atoms with Crippen LogP contribution in [0.1, 0.15) is 71.1 Å². The lowest BCUT2D eigenvalue weighted by Gasteiger charge is -2.19. The minimum atomic E-state index is 0.533. The minimum absolute atomic E-state index is 0.533. The van der Waals surface area contributed by atoms with Crippen LogP contribution in [0, 0.1) is 0 Å². The molecule has 0 aromatic rings. The zero-order valence-corrected chi connectivity index (χ0v) is 10.7. The number of hydrogen-bond acceptors (Lipinski definition) is 2. The predicted molar refractivity (Wildman–Crippen MR) is 70.4 cm³/mol. The molecule has 3 nitrogen and oxygen atoms in total. The summed E-state index contributed by atoms with van der Waals surface area (Å²) in [7, 11) is 0. The summed E-state index contributed by atoms with van der Waals surface area (Å²) in [5.41, 5.74) is 2.78. The molecule has 0 saturated heterocycles. The molecule has 0 radical (unpaired) electrons. The van der Waals surface area contributed by atoms with Crippen LogP contribution < -0.4 is 11.3 Å². The first-order valence-corrected chi connectivity index (χ1v) is 6.90. The van der Waals surface area contributed by atoms with E-state index in [0.29, 0.717) is 6.04 Å². The fraction of sp³-hybridized carbons (Fsp3) is 0.923. The minimum Gasteiger partial charge on any atom is -0.312 e. The van der Waals surface area contributed by atoms with Crippen molar-refractivity contribution in [3.05, 3.63) is 0 Å². The van der Waals surface area contributed by atoms with Crippen molar-refractivity contribution in [2.24, 2.45) is 10.8 Å². The summed E-state index contributed by atoms with van der Waals surface area (Å²) in [5.74, 6) is 6.54. The van der Waals surface area contributed by atoms with Crippen molar-refractivity contribution >= 4 is 5.84 Å². The fourth-order valence-electron chi connectivity index (χ4n) is 2.32.